The number of benzene rings is 5. The molecule has 1 heterocycles. The van der Waals surface area contributed by atoms with Crippen molar-refractivity contribution < 1.29 is 25.6 Å². The standard InChI is InChI=1S/C27H19N3O6S2/c1-17-6-10-20(11-7-17)38(34,35)36-25-15-9-18-4-2-3-5-23(18)27(25)30-28-24-14-8-19-16-21(37(31,32)33)12-13-22(19)26(24)29-30/h2-16H,1H3,(H,31,32,33). The van der Waals surface area contributed by atoms with Crippen LogP contribution in [0.2, 0.25) is 0 Å². The highest BCUT2D eigenvalue weighted by Crippen LogP contribution is 2.34. The van der Waals surface area contributed by atoms with Crippen LogP contribution < -0.4 is 4.18 Å². The fourth-order valence-electron chi connectivity index (χ4n) is 4.33. The first kappa shape index (κ1) is 24.0. The molecule has 38 heavy (non-hydrogen) atoms. The van der Waals surface area contributed by atoms with E-state index < -0.39 is 20.2 Å². The summed E-state index contributed by atoms with van der Waals surface area (Å²) in [5, 5.41) is 11.9. The van der Waals surface area contributed by atoms with Crippen molar-refractivity contribution in [3.05, 3.63) is 96.6 Å². The summed E-state index contributed by atoms with van der Waals surface area (Å²) in [5.74, 6) is 0.0440. The van der Waals surface area contributed by atoms with Crippen molar-refractivity contribution in [1.82, 2.24) is 15.0 Å². The lowest BCUT2D eigenvalue weighted by Gasteiger charge is -2.13. The average Bonchev–Trinajstić information content (AvgIpc) is 3.32. The van der Waals surface area contributed by atoms with Crippen LogP contribution in [0.4, 0.5) is 0 Å². The maximum Gasteiger partial charge on any atom is 0.339 e. The summed E-state index contributed by atoms with van der Waals surface area (Å²) in [6.07, 6.45) is 0. The van der Waals surface area contributed by atoms with Crippen molar-refractivity contribution in [2.45, 2.75) is 16.7 Å². The molecule has 5 aromatic carbocycles. The van der Waals surface area contributed by atoms with E-state index in [4.69, 9.17) is 4.18 Å². The lowest BCUT2D eigenvalue weighted by molar-refractivity contribution is 0.481. The average molecular weight is 546 g/mol. The van der Waals surface area contributed by atoms with Gasteiger partial charge in [-0.3, -0.25) is 4.55 Å². The van der Waals surface area contributed by atoms with Gasteiger partial charge in [-0.1, -0.05) is 60.2 Å². The van der Waals surface area contributed by atoms with Gasteiger partial charge in [-0.2, -0.15) is 16.8 Å². The Morgan fingerprint density at radius 1 is 0.737 bits per heavy atom. The summed E-state index contributed by atoms with van der Waals surface area (Å²) in [4.78, 5) is 1.10. The molecule has 0 aliphatic carbocycles. The van der Waals surface area contributed by atoms with Gasteiger partial charge in [0.2, 0.25) is 0 Å². The summed E-state index contributed by atoms with van der Waals surface area (Å²) in [6.45, 7) is 1.86. The molecule has 0 atom stereocenters. The van der Waals surface area contributed by atoms with E-state index in [1.54, 1.807) is 42.5 Å². The monoisotopic (exact) mass is 545 g/mol. The summed E-state index contributed by atoms with van der Waals surface area (Å²) in [5.41, 5.74) is 2.21. The van der Waals surface area contributed by atoms with E-state index in [9.17, 15) is 21.4 Å². The second-order valence-corrected chi connectivity index (χ2v) is 11.7. The maximum absolute atomic E-state index is 13.2. The van der Waals surface area contributed by atoms with Crippen molar-refractivity contribution in [2.24, 2.45) is 0 Å². The Morgan fingerprint density at radius 3 is 2.21 bits per heavy atom. The SMILES string of the molecule is Cc1ccc(S(=O)(=O)Oc2ccc3ccccc3c2-n2nc3ccc4cc(S(=O)(=O)O)ccc4c3n2)cc1. The van der Waals surface area contributed by atoms with Crippen molar-refractivity contribution in [3.8, 4) is 11.4 Å². The lowest BCUT2D eigenvalue weighted by Crippen LogP contribution is -2.12. The van der Waals surface area contributed by atoms with Gasteiger partial charge in [-0.25, -0.2) is 0 Å². The minimum Gasteiger partial charge on any atom is -0.377 e. The minimum absolute atomic E-state index is 0.0152. The summed E-state index contributed by atoms with van der Waals surface area (Å²) < 4.78 is 64.5. The molecule has 0 aliphatic heterocycles. The van der Waals surface area contributed by atoms with Crippen molar-refractivity contribution in [3.63, 3.8) is 0 Å². The summed E-state index contributed by atoms with van der Waals surface area (Å²) in [7, 11) is -8.53. The number of aromatic nitrogens is 3. The van der Waals surface area contributed by atoms with Gasteiger partial charge >= 0.3 is 10.1 Å². The molecule has 9 nitrogen and oxygen atoms in total. The number of rotatable bonds is 5. The molecule has 0 aliphatic rings. The maximum atomic E-state index is 13.2. The smallest absolute Gasteiger partial charge is 0.339 e. The van der Waals surface area contributed by atoms with E-state index >= 15 is 0 Å². The van der Waals surface area contributed by atoms with Crippen LogP contribution in [-0.4, -0.2) is 36.4 Å². The molecule has 0 bridgehead atoms. The normalized spacial score (nSPS) is 12.4. The molecule has 0 unspecified atom stereocenters. The second kappa shape index (κ2) is 8.62. The van der Waals surface area contributed by atoms with Crippen molar-refractivity contribution >= 4 is 52.8 Å². The predicted octanol–water partition coefficient (Wildman–Crippen LogP) is 5.05. The summed E-state index contributed by atoms with van der Waals surface area (Å²) >= 11 is 0. The molecular weight excluding hydrogens is 526 g/mol. The number of fused-ring (bicyclic) bond motifs is 4. The Hall–Kier alpha value is -4.32. The zero-order chi connectivity index (χ0) is 26.7. The predicted molar refractivity (Wildman–Crippen MR) is 143 cm³/mol. The highest BCUT2D eigenvalue weighted by molar-refractivity contribution is 7.87. The number of hydrogen-bond acceptors (Lipinski definition) is 7. The van der Waals surface area contributed by atoms with E-state index in [1.807, 2.05) is 31.2 Å². The third-order valence-electron chi connectivity index (χ3n) is 6.21. The zero-order valence-electron chi connectivity index (χ0n) is 19.8. The van der Waals surface area contributed by atoms with Crippen LogP contribution in [0, 0.1) is 6.92 Å². The molecule has 0 spiro atoms. The van der Waals surface area contributed by atoms with Gasteiger partial charge < -0.3 is 4.18 Å². The largest absolute Gasteiger partial charge is 0.377 e. The summed E-state index contributed by atoms with van der Waals surface area (Å²) in [6, 6.07) is 24.6. The van der Waals surface area contributed by atoms with Gasteiger partial charge in [0, 0.05) is 10.8 Å². The van der Waals surface area contributed by atoms with Gasteiger partial charge in [-0.15, -0.1) is 15.0 Å². The van der Waals surface area contributed by atoms with Gasteiger partial charge in [0.25, 0.3) is 10.1 Å². The highest BCUT2D eigenvalue weighted by atomic mass is 32.2. The Bertz CT molecular complexity index is 2100. The molecule has 1 N–H and O–H groups in total. The molecule has 0 radical (unpaired) electrons. The first-order chi connectivity index (χ1) is 18.1. The molecule has 0 saturated heterocycles. The molecule has 1 aromatic heterocycles. The van der Waals surface area contributed by atoms with Crippen LogP contribution in [0.15, 0.2) is 101 Å². The molecule has 190 valence electrons. The first-order valence-electron chi connectivity index (χ1n) is 11.4. The number of hydrogen-bond donors (Lipinski definition) is 1. The molecule has 0 saturated carbocycles. The topological polar surface area (TPSA) is 128 Å². The van der Waals surface area contributed by atoms with Crippen molar-refractivity contribution in [1.29, 1.82) is 0 Å². The van der Waals surface area contributed by atoms with Crippen LogP contribution in [0.3, 0.4) is 0 Å². The molecule has 6 aromatic rings. The molecule has 6 rings (SSSR count). The van der Waals surface area contributed by atoms with Gasteiger partial charge in [0.05, 0.1) is 4.90 Å². The Kier molecular flexibility index (Phi) is 5.45. The number of nitrogens with zero attached hydrogens (tertiary/aromatic N) is 3. The fourth-order valence-corrected chi connectivity index (χ4v) is 5.78. The third-order valence-corrected chi connectivity index (χ3v) is 8.31. The van der Waals surface area contributed by atoms with Crippen LogP contribution in [0.25, 0.3) is 38.3 Å². The van der Waals surface area contributed by atoms with Gasteiger partial charge in [0.1, 0.15) is 21.6 Å². The van der Waals surface area contributed by atoms with Crippen LogP contribution in [0.5, 0.6) is 5.75 Å². The van der Waals surface area contributed by atoms with Crippen LogP contribution >= 0.6 is 0 Å². The van der Waals surface area contributed by atoms with Crippen LogP contribution in [0.1, 0.15) is 5.56 Å². The fraction of sp³-hybridized carbons (Fsp3) is 0.0370. The molecule has 11 heteroatoms. The van der Waals surface area contributed by atoms with E-state index in [2.05, 4.69) is 10.2 Å². The van der Waals surface area contributed by atoms with Crippen LogP contribution in [-0.2, 0) is 20.2 Å². The molecular formula is C27H19N3O6S2. The minimum atomic E-state index is -4.37. The Balaban J connectivity index is 1.55. The van der Waals surface area contributed by atoms with Gasteiger partial charge in [-0.05, 0) is 54.1 Å². The van der Waals surface area contributed by atoms with E-state index in [-0.39, 0.29) is 15.5 Å². The third kappa shape index (κ3) is 4.16. The molecule has 0 fully saturated rings. The quantitative estimate of drug-likeness (QED) is 0.235. The lowest BCUT2D eigenvalue weighted by atomic mass is 10.1. The Morgan fingerprint density at radius 2 is 1.45 bits per heavy atom. The first-order valence-corrected chi connectivity index (χ1v) is 14.3. The Labute approximate surface area is 217 Å². The van der Waals surface area contributed by atoms with Gasteiger partial charge in [0.15, 0.2) is 5.75 Å². The highest BCUT2D eigenvalue weighted by Gasteiger charge is 2.22. The number of aryl methyl sites for hydroxylation is 1. The van der Waals surface area contributed by atoms with E-state index in [0.717, 1.165) is 10.9 Å². The van der Waals surface area contributed by atoms with E-state index in [0.29, 0.717) is 32.9 Å². The molecule has 0 amide bonds. The zero-order valence-corrected chi connectivity index (χ0v) is 21.4. The van der Waals surface area contributed by atoms with E-state index in [1.165, 1.54) is 29.1 Å². The van der Waals surface area contributed by atoms with Crippen molar-refractivity contribution in [2.75, 3.05) is 0 Å². The second-order valence-electron chi connectivity index (χ2n) is 8.76.